The Morgan fingerprint density at radius 1 is 0.979 bits per heavy atom. The molecule has 0 bridgehead atoms. The Hall–Kier alpha value is -5.18. The first-order valence-electron chi connectivity index (χ1n) is 15.6. The van der Waals surface area contributed by atoms with E-state index < -0.39 is 12.0 Å². The highest BCUT2D eigenvalue weighted by Crippen LogP contribution is 2.42. The molecule has 6 aromatic rings. The van der Waals surface area contributed by atoms with E-state index in [-0.39, 0.29) is 17.7 Å². The van der Waals surface area contributed by atoms with Crippen LogP contribution in [0.3, 0.4) is 0 Å². The zero-order valence-electron chi connectivity index (χ0n) is 26.9. The van der Waals surface area contributed by atoms with Crippen molar-refractivity contribution in [1.82, 2.24) is 9.13 Å². The number of ether oxygens (including phenoxy) is 2. The average molecular weight is 674 g/mol. The Bertz CT molecular complexity index is 2420. The number of hydrogen-bond acceptors (Lipinski definition) is 6. The summed E-state index contributed by atoms with van der Waals surface area (Å²) in [5.41, 5.74) is 5.78. The number of benzene rings is 4. The van der Waals surface area contributed by atoms with Crippen molar-refractivity contribution >= 4 is 51.5 Å². The second-order valence-electron chi connectivity index (χ2n) is 11.5. The fourth-order valence-corrected chi connectivity index (χ4v) is 7.63. The first kappa shape index (κ1) is 31.4. The van der Waals surface area contributed by atoms with Crippen molar-refractivity contribution in [3.8, 4) is 11.4 Å². The number of rotatable bonds is 7. The molecular formula is C39H32ClN3O4S. The molecule has 7 rings (SSSR count). The lowest BCUT2D eigenvalue weighted by molar-refractivity contribution is -0.138. The predicted molar refractivity (Wildman–Crippen MR) is 192 cm³/mol. The van der Waals surface area contributed by atoms with Gasteiger partial charge in [0.05, 0.1) is 29.5 Å². The van der Waals surface area contributed by atoms with Crippen LogP contribution >= 0.6 is 22.9 Å². The quantitative estimate of drug-likeness (QED) is 0.169. The molecule has 9 heteroatoms. The molecule has 0 aliphatic carbocycles. The third-order valence-corrected chi connectivity index (χ3v) is 9.87. The lowest BCUT2D eigenvalue weighted by atomic mass is 9.89. The van der Waals surface area contributed by atoms with Crippen LogP contribution < -0.4 is 19.6 Å². The maximum absolute atomic E-state index is 14.7. The van der Waals surface area contributed by atoms with E-state index in [9.17, 15) is 9.59 Å². The third-order valence-electron chi connectivity index (χ3n) is 8.64. The standard InChI is InChI=1S/C39H32ClN3O4S/c1-5-47-38(45)34-35(26-12-7-6-8-13-26)41-39-43(36(34)33-30-14-10-9-11-25(30)15-20-31(33)46-4)37(44)32(48-39)22-27-21-23(2)42(24(27)3)29-18-16-28(40)17-19-29/h6-22,36H,5H2,1-4H3/b32-22+/t36-/m1/s1. The maximum Gasteiger partial charge on any atom is 0.338 e. The first-order valence-corrected chi connectivity index (χ1v) is 16.8. The second kappa shape index (κ2) is 12.8. The van der Waals surface area contributed by atoms with Crippen LogP contribution in [-0.2, 0) is 9.53 Å². The van der Waals surface area contributed by atoms with Crippen LogP contribution in [0.2, 0.25) is 5.02 Å². The molecular weight excluding hydrogens is 642 g/mol. The van der Waals surface area contributed by atoms with Gasteiger partial charge in [-0.05, 0) is 79.6 Å². The van der Waals surface area contributed by atoms with Gasteiger partial charge >= 0.3 is 5.97 Å². The third kappa shape index (κ3) is 5.37. The summed E-state index contributed by atoms with van der Waals surface area (Å²) in [5, 5.41) is 2.47. The number of aryl methyl sites for hydroxylation is 1. The fourth-order valence-electron chi connectivity index (χ4n) is 6.51. The van der Waals surface area contributed by atoms with Gasteiger partial charge in [-0.3, -0.25) is 9.36 Å². The summed E-state index contributed by atoms with van der Waals surface area (Å²) in [6.07, 6.45) is 1.91. The Balaban J connectivity index is 1.54. The smallest absolute Gasteiger partial charge is 0.338 e. The molecule has 0 amide bonds. The molecule has 0 N–H and O–H groups in total. The van der Waals surface area contributed by atoms with Gasteiger partial charge in [-0.1, -0.05) is 83.6 Å². The second-order valence-corrected chi connectivity index (χ2v) is 12.9. The van der Waals surface area contributed by atoms with Gasteiger partial charge in [-0.15, -0.1) is 0 Å². The summed E-state index contributed by atoms with van der Waals surface area (Å²) in [6.45, 7) is 5.99. The number of hydrogen-bond donors (Lipinski definition) is 0. The molecule has 2 aromatic heterocycles. The molecule has 1 aliphatic heterocycles. The lowest BCUT2D eigenvalue weighted by Crippen LogP contribution is -2.40. The molecule has 1 aliphatic rings. The Labute approximate surface area is 286 Å². The van der Waals surface area contributed by atoms with Crippen molar-refractivity contribution in [3.63, 3.8) is 0 Å². The Kier molecular flexibility index (Phi) is 8.37. The number of fused-ring (bicyclic) bond motifs is 2. The van der Waals surface area contributed by atoms with Crippen molar-refractivity contribution < 1.29 is 14.3 Å². The summed E-state index contributed by atoms with van der Waals surface area (Å²) in [4.78, 5) is 34.2. The van der Waals surface area contributed by atoms with Crippen LogP contribution in [0.15, 0.2) is 112 Å². The Morgan fingerprint density at radius 3 is 2.44 bits per heavy atom. The topological polar surface area (TPSA) is 74.8 Å². The van der Waals surface area contributed by atoms with Crippen molar-refractivity contribution in [2.24, 2.45) is 4.99 Å². The number of aromatic nitrogens is 2. The van der Waals surface area contributed by atoms with Crippen LogP contribution in [0.5, 0.6) is 5.75 Å². The highest BCUT2D eigenvalue weighted by Gasteiger charge is 2.37. The number of thiazole rings is 1. The van der Waals surface area contributed by atoms with Gasteiger partial charge in [0.2, 0.25) is 0 Å². The van der Waals surface area contributed by atoms with Crippen LogP contribution in [0, 0.1) is 13.8 Å². The van der Waals surface area contributed by atoms with E-state index in [4.69, 9.17) is 26.1 Å². The summed E-state index contributed by atoms with van der Waals surface area (Å²) in [6, 6.07) is 30.1. The van der Waals surface area contributed by atoms with Crippen LogP contribution in [0.1, 0.15) is 41.0 Å². The van der Waals surface area contributed by atoms with Gasteiger partial charge in [0.1, 0.15) is 11.8 Å². The molecule has 0 saturated carbocycles. The zero-order valence-corrected chi connectivity index (χ0v) is 28.4. The minimum Gasteiger partial charge on any atom is -0.496 e. The lowest BCUT2D eigenvalue weighted by Gasteiger charge is -2.28. The van der Waals surface area contributed by atoms with Crippen LogP contribution in [-0.4, -0.2) is 28.8 Å². The zero-order chi connectivity index (χ0) is 33.5. The van der Waals surface area contributed by atoms with Crippen LogP contribution in [0.4, 0.5) is 0 Å². The number of carbonyl (C=O) groups is 1. The molecule has 48 heavy (non-hydrogen) atoms. The monoisotopic (exact) mass is 673 g/mol. The SMILES string of the molecule is CCOC(=O)C1=C(c2ccccc2)N=c2s/c(=C/c3cc(C)n(-c4ccc(Cl)cc4)c3C)c(=O)n2[C@@H]1c1c(OC)ccc2ccccc12. The molecule has 0 saturated heterocycles. The van der Waals surface area contributed by atoms with E-state index in [0.29, 0.717) is 31.4 Å². The van der Waals surface area contributed by atoms with E-state index in [2.05, 4.69) is 10.6 Å². The number of methoxy groups -OCH3 is 1. The number of esters is 1. The molecule has 0 unspecified atom stereocenters. The van der Waals surface area contributed by atoms with Crippen molar-refractivity contribution in [2.45, 2.75) is 26.8 Å². The Morgan fingerprint density at radius 2 is 1.71 bits per heavy atom. The molecule has 240 valence electrons. The average Bonchev–Trinajstić information content (AvgIpc) is 3.57. The summed E-state index contributed by atoms with van der Waals surface area (Å²) in [7, 11) is 1.60. The molecule has 4 aromatic carbocycles. The summed E-state index contributed by atoms with van der Waals surface area (Å²) < 4.78 is 15.9. The number of carbonyl (C=O) groups excluding carboxylic acids is 1. The fraction of sp³-hybridized carbons (Fsp3) is 0.154. The highest BCUT2D eigenvalue weighted by molar-refractivity contribution is 7.07. The van der Waals surface area contributed by atoms with E-state index >= 15 is 0 Å². The van der Waals surface area contributed by atoms with Gasteiger partial charge in [0, 0.05) is 33.2 Å². The van der Waals surface area contributed by atoms with Crippen molar-refractivity contribution in [3.05, 3.63) is 155 Å². The summed E-state index contributed by atoms with van der Waals surface area (Å²) >= 11 is 7.46. The molecule has 0 spiro atoms. The molecule has 0 fully saturated rings. The minimum absolute atomic E-state index is 0.164. The molecule has 7 nitrogen and oxygen atoms in total. The normalized spacial score (nSPS) is 14.6. The molecule has 0 radical (unpaired) electrons. The number of nitrogens with zero attached hydrogens (tertiary/aromatic N) is 3. The molecule has 3 heterocycles. The minimum atomic E-state index is -0.875. The van der Waals surface area contributed by atoms with Crippen molar-refractivity contribution in [2.75, 3.05) is 13.7 Å². The highest BCUT2D eigenvalue weighted by atomic mass is 35.5. The van der Waals surface area contributed by atoms with Crippen molar-refractivity contribution in [1.29, 1.82) is 0 Å². The molecule has 1 atom stereocenters. The van der Waals surface area contributed by atoms with E-state index in [0.717, 1.165) is 39.0 Å². The maximum atomic E-state index is 14.7. The largest absolute Gasteiger partial charge is 0.496 e. The van der Waals surface area contributed by atoms with Gasteiger partial charge in [-0.2, -0.15) is 0 Å². The summed E-state index contributed by atoms with van der Waals surface area (Å²) in [5.74, 6) is 0.0109. The predicted octanol–water partition coefficient (Wildman–Crippen LogP) is 7.16. The van der Waals surface area contributed by atoms with E-state index in [1.54, 1.807) is 18.6 Å². The van der Waals surface area contributed by atoms with Gasteiger partial charge in [0.25, 0.3) is 5.56 Å². The van der Waals surface area contributed by atoms with Gasteiger partial charge in [0.15, 0.2) is 4.80 Å². The van der Waals surface area contributed by atoms with E-state index in [1.165, 1.54) is 11.3 Å². The first-order chi connectivity index (χ1) is 23.3. The van der Waals surface area contributed by atoms with Gasteiger partial charge < -0.3 is 14.0 Å². The number of halogens is 1. The van der Waals surface area contributed by atoms with E-state index in [1.807, 2.05) is 111 Å². The van der Waals surface area contributed by atoms with Gasteiger partial charge in [-0.25, -0.2) is 9.79 Å². The van der Waals surface area contributed by atoms with Crippen LogP contribution in [0.25, 0.3) is 28.2 Å².